The molecule has 0 saturated carbocycles. The summed E-state index contributed by atoms with van der Waals surface area (Å²) in [6.07, 6.45) is 2.91. The van der Waals surface area contributed by atoms with Gasteiger partial charge in [-0.3, -0.25) is 0 Å². The smallest absolute Gasteiger partial charge is 0.0340 e. The van der Waals surface area contributed by atoms with E-state index in [9.17, 15) is 0 Å². The van der Waals surface area contributed by atoms with Crippen LogP contribution < -0.4 is 0 Å². The topological polar surface area (TPSA) is 0 Å². The Bertz CT molecular complexity index is 981. The molecule has 0 heteroatoms. The Labute approximate surface area is 163 Å². The molecule has 0 nitrogen and oxygen atoms in total. The molecule has 0 aliphatic heterocycles. The van der Waals surface area contributed by atoms with Crippen molar-refractivity contribution >= 4 is 0 Å². The van der Waals surface area contributed by atoms with Crippen LogP contribution in [0.2, 0.25) is 0 Å². The second kappa shape index (κ2) is 9.47. The van der Waals surface area contributed by atoms with E-state index in [2.05, 4.69) is 110 Å². The van der Waals surface area contributed by atoms with Crippen molar-refractivity contribution in [3.63, 3.8) is 0 Å². The molecule has 0 aromatic heterocycles. The van der Waals surface area contributed by atoms with Crippen LogP contribution in [0.5, 0.6) is 0 Å². The van der Waals surface area contributed by atoms with Gasteiger partial charge in [0, 0.05) is 24.0 Å². The van der Waals surface area contributed by atoms with Crippen LogP contribution in [0.1, 0.15) is 42.0 Å². The molecule has 3 rings (SSSR count). The molecule has 0 fully saturated rings. The predicted octanol–water partition coefficient (Wildman–Crippen LogP) is 6.41. The molecular weight excluding hydrogens is 324 g/mol. The van der Waals surface area contributed by atoms with Crippen molar-refractivity contribution in [3.8, 4) is 34.8 Å². The predicted molar refractivity (Wildman–Crippen MR) is 115 cm³/mol. The lowest BCUT2D eigenvalue weighted by Gasteiger charge is -2.02. The number of benzene rings is 3. The molecule has 0 aliphatic carbocycles. The SMILES string of the molecule is CCCC#CCc1ccc(C#Cc2ccc(-c3ccc(C)cc3)cc2)cc1. The monoisotopic (exact) mass is 348 g/mol. The summed E-state index contributed by atoms with van der Waals surface area (Å²) in [4.78, 5) is 0. The Hall–Kier alpha value is -3.22. The molecule has 0 bridgehead atoms. The number of aryl methyl sites for hydroxylation is 1. The van der Waals surface area contributed by atoms with Gasteiger partial charge < -0.3 is 0 Å². The average molecular weight is 348 g/mol. The van der Waals surface area contributed by atoms with E-state index >= 15 is 0 Å². The molecule has 0 atom stereocenters. The summed E-state index contributed by atoms with van der Waals surface area (Å²) in [6.45, 7) is 4.26. The van der Waals surface area contributed by atoms with Crippen molar-refractivity contribution in [1.29, 1.82) is 0 Å². The molecule has 0 heterocycles. The van der Waals surface area contributed by atoms with Crippen LogP contribution in [-0.4, -0.2) is 0 Å². The van der Waals surface area contributed by atoms with Crippen LogP contribution in [0, 0.1) is 30.6 Å². The third-order valence-corrected chi connectivity index (χ3v) is 4.37. The van der Waals surface area contributed by atoms with Gasteiger partial charge in [0.1, 0.15) is 0 Å². The number of hydrogen-bond donors (Lipinski definition) is 0. The Balaban J connectivity index is 1.65. The first-order valence-corrected chi connectivity index (χ1v) is 9.48. The van der Waals surface area contributed by atoms with Crippen molar-refractivity contribution in [3.05, 3.63) is 95.1 Å². The molecule has 0 amide bonds. The first kappa shape index (κ1) is 18.6. The van der Waals surface area contributed by atoms with E-state index in [1.54, 1.807) is 0 Å². The van der Waals surface area contributed by atoms with Crippen LogP contribution in [0.3, 0.4) is 0 Å². The van der Waals surface area contributed by atoms with Crippen LogP contribution in [0.25, 0.3) is 11.1 Å². The second-order valence-corrected chi connectivity index (χ2v) is 6.67. The normalized spacial score (nSPS) is 9.70. The van der Waals surface area contributed by atoms with E-state index in [1.165, 1.54) is 22.3 Å². The first-order chi connectivity index (χ1) is 13.2. The lowest BCUT2D eigenvalue weighted by molar-refractivity contribution is 0.981. The lowest BCUT2D eigenvalue weighted by Crippen LogP contribution is -1.83. The molecule has 0 saturated heterocycles. The quantitative estimate of drug-likeness (QED) is 0.480. The zero-order valence-corrected chi connectivity index (χ0v) is 16.0. The molecule has 0 N–H and O–H groups in total. The third-order valence-electron chi connectivity index (χ3n) is 4.37. The maximum absolute atomic E-state index is 3.25. The molecule has 0 spiro atoms. The van der Waals surface area contributed by atoms with Crippen LogP contribution in [0.15, 0.2) is 72.8 Å². The molecular formula is C27H24. The van der Waals surface area contributed by atoms with Gasteiger partial charge in [-0.15, -0.1) is 5.92 Å². The minimum atomic E-state index is 0.814. The highest BCUT2D eigenvalue weighted by Crippen LogP contribution is 2.20. The van der Waals surface area contributed by atoms with E-state index in [0.29, 0.717) is 0 Å². The Morgan fingerprint density at radius 1 is 0.630 bits per heavy atom. The fourth-order valence-corrected chi connectivity index (χ4v) is 2.72. The molecule has 27 heavy (non-hydrogen) atoms. The molecule has 0 unspecified atom stereocenters. The van der Waals surface area contributed by atoms with Crippen molar-refractivity contribution in [2.24, 2.45) is 0 Å². The highest BCUT2D eigenvalue weighted by atomic mass is 14.0. The van der Waals surface area contributed by atoms with Gasteiger partial charge in [-0.05, 0) is 54.3 Å². The van der Waals surface area contributed by atoms with E-state index in [0.717, 1.165) is 30.4 Å². The number of hydrogen-bond acceptors (Lipinski definition) is 0. The standard InChI is InChI=1S/C27H24/c1-3-4-5-6-7-23-10-12-24(13-11-23)14-15-25-16-20-27(21-17-25)26-18-8-22(2)9-19-26/h8-13,16-21H,3-4,7H2,1-2H3. The summed E-state index contributed by atoms with van der Waals surface area (Å²) in [5.41, 5.74) is 7.03. The summed E-state index contributed by atoms with van der Waals surface area (Å²) in [6, 6.07) is 25.4. The van der Waals surface area contributed by atoms with Gasteiger partial charge in [0.05, 0.1) is 0 Å². The van der Waals surface area contributed by atoms with Crippen LogP contribution in [-0.2, 0) is 6.42 Å². The molecule has 132 valence electrons. The third kappa shape index (κ3) is 5.64. The van der Waals surface area contributed by atoms with Gasteiger partial charge in [-0.1, -0.05) is 78.8 Å². The fraction of sp³-hybridized carbons (Fsp3) is 0.185. The number of rotatable bonds is 3. The van der Waals surface area contributed by atoms with Crippen LogP contribution in [0.4, 0.5) is 0 Å². The van der Waals surface area contributed by atoms with Gasteiger partial charge in [0.25, 0.3) is 0 Å². The van der Waals surface area contributed by atoms with Crippen molar-refractivity contribution in [2.75, 3.05) is 0 Å². The van der Waals surface area contributed by atoms with E-state index in [4.69, 9.17) is 0 Å². The minimum Gasteiger partial charge on any atom is -0.103 e. The van der Waals surface area contributed by atoms with Gasteiger partial charge in [-0.25, -0.2) is 0 Å². The average Bonchev–Trinajstić information content (AvgIpc) is 2.72. The molecule has 0 radical (unpaired) electrons. The highest BCUT2D eigenvalue weighted by Gasteiger charge is 1.97. The maximum atomic E-state index is 3.25. The summed E-state index contributed by atoms with van der Waals surface area (Å²) in [5.74, 6) is 12.9. The van der Waals surface area contributed by atoms with Gasteiger partial charge in [-0.2, -0.15) is 0 Å². The maximum Gasteiger partial charge on any atom is 0.0340 e. The lowest BCUT2D eigenvalue weighted by atomic mass is 10.0. The zero-order chi connectivity index (χ0) is 18.9. The van der Waals surface area contributed by atoms with Gasteiger partial charge in [0.2, 0.25) is 0 Å². The second-order valence-electron chi connectivity index (χ2n) is 6.67. The highest BCUT2D eigenvalue weighted by molar-refractivity contribution is 5.64. The summed E-state index contributed by atoms with van der Waals surface area (Å²) >= 11 is 0. The minimum absolute atomic E-state index is 0.814. The van der Waals surface area contributed by atoms with E-state index < -0.39 is 0 Å². The van der Waals surface area contributed by atoms with Gasteiger partial charge in [0.15, 0.2) is 0 Å². The van der Waals surface area contributed by atoms with Crippen molar-refractivity contribution < 1.29 is 0 Å². The summed E-state index contributed by atoms with van der Waals surface area (Å²) < 4.78 is 0. The van der Waals surface area contributed by atoms with Gasteiger partial charge >= 0.3 is 0 Å². The van der Waals surface area contributed by atoms with E-state index in [1.807, 2.05) is 0 Å². The Morgan fingerprint density at radius 3 is 1.70 bits per heavy atom. The molecule has 0 aliphatic rings. The van der Waals surface area contributed by atoms with Crippen molar-refractivity contribution in [1.82, 2.24) is 0 Å². The Morgan fingerprint density at radius 2 is 1.15 bits per heavy atom. The summed E-state index contributed by atoms with van der Waals surface area (Å²) in [5, 5.41) is 0. The summed E-state index contributed by atoms with van der Waals surface area (Å²) in [7, 11) is 0. The first-order valence-electron chi connectivity index (χ1n) is 9.48. The largest absolute Gasteiger partial charge is 0.103 e. The molecule has 3 aromatic rings. The molecule has 3 aromatic carbocycles. The van der Waals surface area contributed by atoms with Crippen LogP contribution >= 0.6 is 0 Å². The van der Waals surface area contributed by atoms with Crippen molar-refractivity contribution in [2.45, 2.75) is 33.1 Å². The fourth-order valence-electron chi connectivity index (χ4n) is 2.72. The number of unbranched alkanes of at least 4 members (excludes halogenated alkanes) is 1. The Kier molecular flexibility index (Phi) is 6.51. The van der Waals surface area contributed by atoms with E-state index in [-0.39, 0.29) is 0 Å². The zero-order valence-electron chi connectivity index (χ0n) is 16.0.